The van der Waals surface area contributed by atoms with Gasteiger partial charge in [-0.05, 0) is 62.7 Å². The van der Waals surface area contributed by atoms with Crippen molar-refractivity contribution in [2.24, 2.45) is 0 Å². The molecular formula is C52H34N4. The molecule has 0 unspecified atom stereocenters. The third kappa shape index (κ3) is 4.89. The summed E-state index contributed by atoms with van der Waals surface area (Å²) in [5.74, 6) is 1.83. The van der Waals surface area contributed by atoms with E-state index in [9.17, 15) is 0 Å². The first-order chi connectivity index (χ1) is 27.8. The predicted octanol–water partition coefficient (Wildman–Crippen LogP) is 12.3. The van der Waals surface area contributed by atoms with E-state index >= 15 is 0 Å². The van der Waals surface area contributed by atoms with E-state index in [0.717, 1.165) is 44.1 Å². The first-order valence-electron chi connectivity index (χ1n) is 19.0. The molecule has 10 aromatic rings. The SMILES string of the molecule is c1ccc(-c2ccc3c4cc(C5(c6ccccc6)c6ccccc6-c6ccccc65)ccc4n(-c4nc(-c5ccccc5)nc(-c5ccccc5)n4)c3c2)cc1. The van der Waals surface area contributed by atoms with Crippen molar-refractivity contribution in [2.45, 2.75) is 5.41 Å². The van der Waals surface area contributed by atoms with Crippen molar-refractivity contribution in [2.75, 3.05) is 0 Å². The summed E-state index contributed by atoms with van der Waals surface area (Å²) in [4.78, 5) is 15.5. The Morgan fingerprint density at radius 3 is 1.45 bits per heavy atom. The van der Waals surface area contributed by atoms with Gasteiger partial charge in [0.25, 0.3) is 0 Å². The number of fused-ring (bicyclic) bond motifs is 6. The van der Waals surface area contributed by atoms with E-state index in [1.165, 1.54) is 33.4 Å². The summed E-state index contributed by atoms with van der Waals surface area (Å²) in [6, 6.07) is 73.5. The first kappa shape index (κ1) is 32.0. The highest BCUT2D eigenvalue weighted by atomic mass is 15.2. The molecule has 56 heavy (non-hydrogen) atoms. The summed E-state index contributed by atoms with van der Waals surface area (Å²) < 4.78 is 2.23. The number of hydrogen-bond acceptors (Lipinski definition) is 3. The van der Waals surface area contributed by atoms with Crippen molar-refractivity contribution in [3.63, 3.8) is 0 Å². The van der Waals surface area contributed by atoms with Gasteiger partial charge in [0.2, 0.25) is 5.95 Å². The Labute approximate surface area is 325 Å². The average molecular weight is 715 g/mol. The zero-order valence-electron chi connectivity index (χ0n) is 30.4. The molecule has 0 fully saturated rings. The highest BCUT2D eigenvalue weighted by Crippen LogP contribution is 2.56. The zero-order chi connectivity index (χ0) is 37.1. The van der Waals surface area contributed by atoms with Gasteiger partial charge in [0.05, 0.1) is 16.4 Å². The van der Waals surface area contributed by atoms with E-state index in [4.69, 9.17) is 15.0 Å². The van der Waals surface area contributed by atoms with Crippen LogP contribution in [0.4, 0.5) is 0 Å². The van der Waals surface area contributed by atoms with Crippen LogP contribution in [0.1, 0.15) is 22.3 Å². The lowest BCUT2D eigenvalue weighted by Gasteiger charge is -2.34. The molecule has 1 aliphatic carbocycles. The van der Waals surface area contributed by atoms with Crippen LogP contribution >= 0.6 is 0 Å². The molecule has 0 atom stereocenters. The lowest BCUT2D eigenvalue weighted by molar-refractivity contribution is 0.770. The van der Waals surface area contributed by atoms with Crippen LogP contribution < -0.4 is 0 Å². The Balaban J connectivity index is 1.23. The van der Waals surface area contributed by atoms with Gasteiger partial charge >= 0.3 is 0 Å². The molecule has 4 heteroatoms. The van der Waals surface area contributed by atoms with E-state index in [-0.39, 0.29) is 0 Å². The lowest BCUT2D eigenvalue weighted by atomic mass is 9.67. The minimum Gasteiger partial charge on any atom is -0.278 e. The Kier molecular flexibility index (Phi) is 7.36. The van der Waals surface area contributed by atoms with E-state index in [1.807, 2.05) is 36.4 Å². The molecule has 1 aliphatic rings. The summed E-state index contributed by atoms with van der Waals surface area (Å²) in [6.45, 7) is 0. The zero-order valence-corrected chi connectivity index (χ0v) is 30.4. The molecule has 0 radical (unpaired) electrons. The van der Waals surface area contributed by atoms with Crippen LogP contribution in [0.5, 0.6) is 0 Å². The molecule has 0 amide bonds. The number of aromatic nitrogens is 4. The third-order valence-electron chi connectivity index (χ3n) is 11.4. The van der Waals surface area contributed by atoms with Crippen LogP contribution in [0.15, 0.2) is 206 Å². The maximum Gasteiger partial charge on any atom is 0.238 e. The Morgan fingerprint density at radius 2 is 0.857 bits per heavy atom. The van der Waals surface area contributed by atoms with E-state index < -0.39 is 5.41 Å². The molecule has 0 aliphatic heterocycles. The molecule has 0 saturated heterocycles. The number of hydrogen-bond donors (Lipinski definition) is 0. The minimum absolute atomic E-state index is 0.519. The first-order valence-corrected chi connectivity index (χ1v) is 19.0. The van der Waals surface area contributed by atoms with Crippen LogP contribution in [-0.4, -0.2) is 19.5 Å². The summed E-state index contributed by atoms with van der Waals surface area (Å²) in [5.41, 5.74) is 13.3. The van der Waals surface area contributed by atoms with Gasteiger partial charge in [0, 0.05) is 21.9 Å². The fraction of sp³-hybridized carbons (Fsp3) is 0.0192. The molecule has 2 aromatic heterocycles. The van der Waals surface area contributed by atoms with Crippen LogP contribution in [0, 0.1) is 0 Å². The van der Waals surface area contributed by atoms with Gasteiger partial charge in [-0.25, -0.2) is 4.98 Å². The molecule has 0 N–H and O–H groups in total. The molecule has 11 rings (SSSR count). The van der Waals surface area contributed by atoms with Crippen LogP contribution in [0.2, 0.25) is 0 Å². The lowest BCUT2D eigenvalue weighted by Crippen LogP contribution is -2.28. The third-order valence-corrected chi connectivity index (χ3v) is 11.4. The Morgan fingerprint density at radius 1 is 0.339 bits per heavy atom. The smallest absolute Gasteiger partial charge is 0.238 e. The van der Waals surface area contributed by atoms with Gasteiger partial charge in [-0.3, -0.25) is 4.57 Å². The second-order valence-electron chi connectivity index (χ2n) is 14.4. The van der Waals surface area contributed by atoms with Crippen molar-refractivity contribution in [1.82, 2.24) is 19.5 Å². The minimum atomic E-state index is -0.519. The largest absolute Gasteiger partial charge is 0.278 e. The monoisotopic (exact) mass is 714 g/mol. The van der Waals surface area contributed by atoms with Gasteiger partial charge in [-0.2, -0.15) is 9.97 Å². The second-order valence-corrected chi connectivity index (χ2v) is 14.4. The maximum absolute atomic E-state index is 5.24. The van der Waals surface area contributed by atoms with Gasteiger partial charge in [-0.1, -0.05) is 188 Å². The van der Waals surface area contributed by atoms with E-state index in [0.29, 0.717) is 17.6 Å². The molecule has 0 saturated carbocycles. The number of rotatable bonds is 6. The normalized spacial score (nSPS) is 12.8. The summed E-state index contributed by atoms with van der Waals surface area (Å²) in [6.07, 6.45) is 0. The van der Waals surface area contributed by atoms with Crippen molar-refractivity contribution in [3.05, 3.63) is 229 Å². The van der Waals surface area contributed by atoms with Gasteiger partial charge in [0.15, 0.2) is 11.6 Å². The molecule has 0 spiro atoms. The van der Waals surface area contributed by atoms with Gasteiger partial charge in [-0.15, -0.1) is 0 Å². The molecule has 4 nitrogen and oxygen atoms in total. The Bertz CT molecular complexity index is 2960. The van der Waals surface area contributed by atoms with Crippen molar-refractivity contribution in [1.29, 1.82) is 0 Å². The van der Waals surface area contributed by atoms with Gasteiger partial charge < -0.3 is 0 Å². The molecule has 2 heterocycles. The summed E-state index contributed by atoms with van der Waals surface area (Å²) in [7, 11) is 0. The molecule has 262 valence electrons. The Hall–Kier alpha value is -7.43. The summed E-state index contributed by atoms with van der Waals surface area (Å²) >= 11 is 0. The summed E-state index contributed by atoms with van der Waals surface area (Å²) in [5, 5.41) is 2.27. The fourth-order valence-electron chi connectivity index (χ4n) is 8.89. The van der Waals surface area contributed by atoms with Gasteiger partial charge in [0.1, 0.15) is 0 Å². The highest BCUT2D eigenvalue weighted by molar-refractivity contribution is 6.10. The second kappa shape index (κ2) is 12.9. The van der Waals surface area contributed by atoms with Crippen LogP contribution in [0.25, 0.3) is 72.8 Å². The maximum atomic E-state index is 5.24. The number of benzene rings is 8. The topological polar surface area (TPSA) is 43.6 Å². The van der Waals surface area contributed by atoms with Crippen LogP contribution in [0.3, 0.4) is 0 Å². The molecule has 8 aromatic carbocycles. The standard InChI is InChI=1S/C52H34N4/c1-5-17-35(18-6-1)38-29-31-43-44-34-40(52(39-23-11-4-12-24-39)45-27-15-13-25-41(45)42-26-14-16-28-46(42)52)30-32-47(44)56(48(43)33-38)51-54-49(36-19-7-2-8-20-36)53-50(55-51)37-21-9-3-10-22-37/h1-34H. The van der Waals surface area contributed by atoms with Crippen LogP contribution in [-0.2, 0) is 5.41 Å². The van der Waals surface area contributed by atoms with E-state index in [2.05, 4.69) is 174 Å². The van der Waals surface area contributed by atoms with Crippen molar-refractivity contribution >= 4 is 21.8 Å². The molecular weight excluding hydrogens is 681 g/mol. The van der Waals surface area contributed by atoms with E-state index in [1.54, 1.807) is 0 Å². The average Bonchev–Trinajstić information content (AvgIpc) is 3.77. The highest BCUT2D eigenvalue weighted by Gasteiger charge is 2.46. The molecule has 0 bridgehead atoms. The quantitative estimate of drug-likeness (QED) is 0.172. The van der Waals surface area contributed by atoms with Crippen molar-refractivity contribution < 1.29 is 0 Å². The fourth-order valence-corrected chi connectivity index (χ4v) is 8.89. The predicted molar refractivity (Wildman–Crippen MR) is 228 cm³/mol. The van der Waals surface area contributed by atoms with Crippen molar-refractivity contribution in [3.8, 4) is 51.0 Å². The number of nitrogens with zero attached hydrogens (tertiary/aromatic N) is 4.